The Labute approximate surface area is 107 Å². The fourth-order valence-corrected chi connectivity index (χ4v) is 2.25. The van der Waals surface area contributed by atoms with Gasteiger partial charge < -0.3 is 5.32 Å². The van der Waals surface area contributed by atoms with Crippen LogP contribution in [0.2, 0.25) is 0 Å². The largest absolute Gasteiger partial charge is 0.337 e. The van der Waals surface area contributed by atoms with Crippen LogP contribution in [0.15, 0.2) is 24.3 Å². The summed E-state index contributed by atoms with van der Waals surface area (Å²) in [6.45, 7) is 4.44. The number of anilines is 1. The predicted octanol–water partition coefficient (Wildman–Crippen LogP) is 2.47. The van der Waals surface area contributed by atoms with Crippen LogP contribution in [0, 0.1) is 12.8 Å². The molecule has 1 heterocycles. The number of amides is 3. The normalized spacial score (nSPS) is 19.9. The quantitative estimate of drug-likeness (QED) is 0.890. The summed E-state index contributed by atoms with van der Waals surface area (Å²) in [5.41, 5.74) is 1.68. The van der Waals surface area contributed by atoms with Crippen molar-refractivity contribution in [2.24, 2.45) is 5.92 Å². The third-order valence-corrected chi connectivity index (χ3v) is 3.17. The minimum Gasteiger partial charge on any atom is -0.337 e. The molecule has 0 bridgehead atoms. The Bertz CT molecular complexity index is 471. The lowest BCUT2D eigenvalue weighted by Crippen LogP contribution is -2.55. The van der Waals surface area contributed by atoms with Gasteiger partial charge in [0.25, 0.3) is 0 Å². The van der Waals surface area contributed by atoms with Crippen molar-refractivity contribution in [3.8, 4) is 0 Å². The summed E-state index contributed by atoms with van der Waals surface area (Å²) < 4.78 is 0. The van der Waals surface area contributed by atoms with Crippen LogP contribution in [-0.4, -0.2) is 18.5 Å². The number of aryl methyl sites for hydroxylation is 1. The van der Waals surface area contributed by atoms with Crippen LogP contribution in [0.5, 0.6) is 0 Å². The van der Waals surface area contributed by atoms with E-state index in [0.717, 1.165) is 18.4 Å². The lowest BCUT2D eigenvalue weighted by atomic mass is 10.00. The molecule has 1 fully saturated rings. The summed E-state index contributed by atoms with van der Waals surface area (Å²) in [6.07, 6.45) is 1.75. The highest BCUT2D eigenvalue weighted by atomic mass is 16.2. The maximum absolute atomic E-state index is 12.3. The Balaban J connectivity index is 2.29. The van der Waals surface area contributed by atoms with Crippen LogP contribution < -0.4 is 10.2 Å². The van der Waals surface area contributed by atoms with Crippen molar-refractivity contribution in [2.75, 3.05) is 11.4 Å². The smallest absolute Gasteiger partial charge is 0.328 e. The number of nitrogens with one attached hydrogen (secondary N) is 1. The molecule has 4 nitrogen and oxygen atoms in total. The summed E-state index contributed by atoms with van der Waals surface area (Å²) in [5.74, 6) is -0.195. The first kappa shape index (κ1) is 12.6. The van der Waals surface area contributed by atoms with E-state index in [-0.39, 0.29) is 17.9 Å². The standard InChI is InChI=1S/C14H18N2O2/c1-3-5-11-9-15-14(18)16(13(11)17)12-7-4-6-10(2)8-12/h4,6-8,11H,3,5,9H2,1-2H3,(H,15,18). The van der Waals surface area contributed by atoms with E-state index in [1.807, 2.05) is 32.0 Å². The molecule has 4 heteroatoms. The van der Waals surface area contributed by atoms with Crippen LogP contribution in [0.3, 0.4) is 0 Å². The first-order valence-corrected chi connectivity index (χ1v) is 6.32. The van der Waals surface area contributed by atoms with Gasteiger partial charge in [-0.3, -0.25) is 4.79 Å². The number of imide groups is 1. The summed E-state index contributed by atoms with van der Waals surface area (Å²) in [6, 6.07) is 7.12. The summed E-state index contributed by atoms with van der Waals surface area (Å²) in [7, 11) is 0. The van der Waals surface area contributed by atoms with Gasteiger partial charge in [0.2, 0.25) is 5.91 Å². The highest BCUT2D eigenvalue weighted by molar-refractivity contribution is 6.16. The van der Waals surface area contributed by atoms with Crippen LogP contribution >= 0.6 is 0 Å². The van der Waals surface area contributed by atoms with Crippen molar-refractivity contribution in [3.05, 3.63) is 29.8 Å². The number of nitrogens with zero attached hydrogens (tertiary/aromatic N) is 1. The van der Waals surface area contributed by atoms with Gasteiger partial charge in [-0.15, -0.1) is 0 Å². The molecule has 3 amide bonds. The van der Waals surface area contributed by atoms with Crippen LogP contribution in [-0.2, 0) is 4.79 Å². The fourth-order valence-electron chi connectivity index (χ4n) is 2.25. The fraction of sp³-hybridized carbons (Fsp3) is 0.429. The first-order chi connectivity index (χ1) is 8.63. The molecule has 0 aromatic heterocycles. The van der Waals surface area contributed by atoms with E-state index < -0.39 is 0 Å². The Morgan fingerprint density at radius 1 is 1.39 bits per heavy atom. The van der Waals surface area contributed by atoms with Gasteiger partial charge in [-0.05, 0) is 31.0 Å². The number of urea groups is 1. The number of carbonyl (C=O) groups is 2. The SMILES string of the molecule is CCCC1CNC(=O)N(c2cccc(C)c2)C1=O. The number of carbonyl (C=O) groups excluding carboxylic acids is 2. The highest BCUT2D eigenvalue weighted by Crippen LogP contribution is 2.22. The second-order valence-electron chi connectivity index (χ2n) is 4.68. The number of benzene rings is 1. The van der Waals surface area contributed by atoms with Gasteiger partial charge in [-0.2, -0.15) is 0 Å². The maximum Gasteiger partial charge on any atom is 0.328 e. The molecule has 0 radical (unpaired) electrons. The van der Waals surface area contributed by atoms with Crippen molar-refractivity contribution in [1.82, 2.24) is 5.32 Å². The van der Waals surface area contributed by atoms with Crippen molar-refractivity contribution >= 4 is 17.6 Å². The average molecular weight is 246 g/mol. The predicted molar refractivity (Wildman–Crippen MR) is 70.5 cm³/mol. The van der Waals surface area contributed by atoms with E-state index in [0.29, 0.717) is 12.2 Å². The molecule has 1 atom stereocenters. The molecule has 1 aliphatic heterocycles. The van der Waals surface area contributed by atoms with Crippen molar-refractivity contribution < 1.29 is 9.59 Å². The average Bonchev–Trinajstić information content (AvgIpc) is 2.33. The molecule has 1 N–H and O–H groups in total. The molecule has 0 spiro atoms. The molecule has 1 aliphatic rings. The van der Waals surface area contributed by atoms with Crippen LogP contribution in [0.25, 0.3) is 0 Å². The van der Waals surface area contributed by atoms with Crippen LogP contribution in [0.4, 0.5) is 10.5 Å². The summed E-state index contributed by atoms with van der Waals surface area (Å²) in [4.78, 5) is 25.4. The van der Waals surface area contributed by atoms with Gasteiger partial charge >= 0.3 is 6.03 Å². The van der Waals surface area contributed by atoms with Gasteiger partial charge in [0.1, 0.15) is 0 Å². The monoisotopic (exact) mass is 246 g/mol. The minimum atomic E-state index is -0.321. The molecule has 1 aromatic rings. The number of hydrogen-bond acceptors (Lipinski definition) is 2. The molecular formula is C14H18N2O2. The second-order valence-corrected chi connectivity index (χ2v) is 4.68. The van der Waals surface area contributed by atoms with Gasteiger partial charge in [0.05, 0.1) is 11.6 Å². The van der Waals surface area contributed by atoms with Crippen molar-refractivity contribution in [3.63, 3.8) is 0 Å². The zero-order chi connectivity index (χ0) is 13.1. The Hall–Kier alpha value is -1.84. The lowest BCUT2D eigenvalue weighted by Gasteiger charge is -2.31. The van der Waals surface area contributed by atoms with E-state index in [1.54, 1.807) is 6.07 Å². The zero-order valence-corrected chi connectivity index (χ0v) is 10.8. The Morgan fingerprint density at radius 3 is 2.83 bits per heavy atom. The van der Waals surface area contributed by atoms with E-state index in [4.69, 9.17) is 0 Å². The minimum absolute atomic E-state index is 0.0915. The summed E-state index contributed by atoms with van der Waals surface area (Å²) >= 11 is 0. The van der Waals surface area contributed by atoms with E-state index >= 15 is 0 Å². The van der Waals surface area contributed by atoms with Gasteiger partial charge in [0.15, 0.2) is 0 Å². The van der Waals surface area contributed by atoms with Crippen LogP contribution in [0.1, 0.15) is 25.3 Å². The topological polar surface area (TPSA) is 49.4 Å². The van der Waals surface area contributed by atoms with Crippen molar-refractivity contribution in [2.45, 2.75) is 26.7 Å². The molecule has 2 rings (SSSR count). The second kappa shape index (κ2) is 5.21. The molecule has 1 aromatic carbocycles. The Kier molecular flexibility index (Phi) is 3.65. The van der Waals surface area contributed by atoms with Gasteiger partial charge in [-0.1, -0.05) is 25.5 Å². The molecule has 96 valence electrons. The molecule has 0 aliphatic carbocycles. The molecule has 1 saturated heterocycles. The van der Waals surface area contributed by atoms with E-state index in [1.165, 1.54) is 4.90 Å². The lowest BCUT2D eigenvalue weighted by molar-refractivity contribution is -0.122. The molecular weight excluding hydrogens is 228 g/mol. The maximum atomic E-state index is 12.3. The van der Waals surface area contributed by atoms with E-state index in [9.17, 15) is 9.59 Å². The zero-order valence-electron chi connectivity index (χ0n) is 10.8. The molecule has 0 saturated carbocycles. The van der Waals surface area contributed by atoms with Crippen molar-refractivity contribution in [1.29, 1.82) is 0 Å². The van der Waals surface area contributed by atoms with E-state index in [2.05, 4.69) is 5.32 Å². The highest BCUT2D eigenvalue weighted by Gasteiger charge is 2.34. The summed E-state index contributed by atoms with van der Waals surface area (Å²) in [5, 5.41) is 2.78. The molecule has 1 unspecified atom stereocenters. The Morgan fingerprint density at radius 2 is 2.17 bits per heavy atom. The number of rotatable bonds is 3. The third kappa shape index (κ3) is 2.37. The first-order valence-electron chi connectivity index (χ1n) is 6.32. The third-order valence-electron chi connectivity index (χ3n) is 3.17. The van der Waals surface area contributed by atoms with Gasteiger partial charge in [0, 0.05) is 6.54 Å². The molecule has 18 heavy (non-hydrogen) atoms. The number of hydrogen-bond donors (Lipinski definition) is 1. The van der Waals surface area contributed by atoms with Gasteiger partial charge in [-0.25, -0.2) is 9.69 Å².